The molecule has 0 saturated carbocycles. The summed E-state index contributed by atoms with van der Waals surface area (Å²) in [7, 11) is 6.68. The summed E-state index contributed by atoms with van der Waals surface area (Å²) in [5.74, 6) is 0. The van der Waals surface area contributed by atoms with E-state index in [1.807, 2.05) is 18.2 Å². The molecule has 1 aromatic carbocycles. The zero-order valence-corrected chi connectivity index (χ0v) is 12.2. The van der Waals surface area contributed by atoms with Crippen LogP contribution in [0.15, 0.2) is 30.3 Å². The van der Waals surface area contributed by atoms with Crippen LogP contribution in [0.1, 0.15) is 24.5 Å². The molecule has 0 aliphatic carbocycles. The first-order valence-corrected chi connectivity index (χ1v) is 6.41. The zero-order chi connectivity index (χ0) is 14.1. The van der Waals surface area contributed by atoms with Gasteiger partial charge in [0.25, 0.3) is 0 Å². The van der Waals surface area contributed by atoms with Gasteiger partial charge in [-0.05, 0) is 5.56 Å². The predicted molar refractivity (Wildman–Crippen MR) is 74.0 cm³/mol. The average molecular weight is 268 g/mol. The van der Waals surface area contributed by atoms with Gasteiger partial charge in [0, 0.05) is 41.3 Å². The van der Waals surface area contributed by atoms with Gasteiger partial charge in [0.05, 0.1) is 12.2 Å². The number of ether oxygens (including phenoxy) is 4. The molecule has 0 aliphatic rings. The minimum atomic E-state index is -0.252. The van der Waals surface area contributed by atoms with Crippen molar-refractivity contribution in [2.24, 2.45) is 0 Å². The monoisotopic (exact) mass is 268 g/mol. The molecule has 0 spiro atoms. The van der Waals surface area contributed by atoms with Crippen molar-refractivity contribution < 1.29 is 18.9 Å². The molecule has 4 heteroatoms. The lowest BCUT2D eigenvalue weighted by atomic mass is 10.0. The van der Waals surface area contributed by atoms with E-state index in [1.54, 1.807) is 28.4 Å². The van der Waals surface area contributed by atoms with Gasteiger partial charge in [0.2, 0.25) is 0 Å². The van der Waals surface area contributed by atoms with E-state index in [4.69, 9.17) is 18.9 Å². The maximum Gasteiger partial charge on any atom is 0.159 e. The lowest BCUT2D eigenvalue weighted by Gasteiger charge is -2.24. The third-order valence-electron chi connectivity index (χ3n) is 3.25. The summed E-state index contributed by atoms with van der Waals surface area (Å²) in [4.78, 5) is 0. The summed E-state index contributed by atoms with van der Waals surface area (Å²) in [5.41, 5.74) is 1.15. The summed E-state index contributed by atoms with van der Waals surface area (Å²) in [5, 5.41) is 0. The van der Waals surface area contributed by atoms with E-state index in [0.717, 1.165) is 12.0 Å². The molecule has 0 amide bonds. The van der Waals surface area contributed by atoms with E-state index >= 15 is 0 Å². The molecule has 0 fully saturated rings. The Hall–Kier alpha value is -0.940. The van der Waals surface area contributed by atoms with Crippen molar-refractivity contribution in [3.05, 3.63) is 35.9 Å². The fourth-order valence-corrected chi connectivity index (χ4v) is 2.07. The Morgan fingerprint density at radius 1 is 0.789 bits per heavy atom. The lowest BCUT2D eigenvalue weighted by molar-refractivity contribution is -0.130. The number of hydrogen-bond donors (Lipinski definition) is 0. The highest BCUT2D eigenvalue weighted by molar-refractivity contribution is 5.17. The second-order valence-electron chi connectivity index (χ2n) is 4.37. The van der Waals surface area contributed by atoms with Gasteiger partial charge in [0.1, 0.15) is 0 Å². The number of benzene rings is 1. The topological polar surface area (TPSA) is 36.9 Å². The summed E-state index contributed by atoms with van der Waals surface area (Å²) in [6.07, 6.45) is 1.23. The minimum Gasteiger partial charge on any atom is -0.381 e. The summed E-state index contributed by atoms with van der Waals surface area (Å²) < 4.78 is 21.5. The van der Waals surface area contributed by atoms with Gasteiger partial charge in [0.15, 0.2) is 6.29 Å². The van der Waals surface area contributed by atoms with Crippen molar-refractivity contribution in [2.45, 2.75) is 31.3 Å². The molecule has 0 aliphatic heterocycles. The Morgan fingerprint density at radius 3 is 1.89 bits per heavy atom. The number of rotatable bonds is 9. The molecule has 0 radical (unpaired) electrons. The largest absolute Gasteiger partial charge is 0.381 e. The van der Waals surface area contributed by atoms with E-state index in [2.05, 4.69) is 12.1 Å². The van der Waals surface area contributed by atoms with Crippen molar-refractivity contribution >= 4 is 0 Å². The van der Waals surface area contributed by atoms with Crippen LogP contribution in [0.25, 0.3) is 0 Å². The SMILES string of the molecule is COC(C[C@H](C[C@H](OC)c1ccccc1)OC)OC. The lowest BCUT2D eigenvalue weighted by Crippen LogP contribution is -2.25. The van der Waals surface area contributed by atoms with Gasteiger partial charge in [-0.3, -0.25) is 0 Å². The van der Waals surface area contributed by atoms with E-state index in [-0.39, 0.29) is 18.5 Å². The second kappa shape index (κ2) is 9.04. The Labute approximate surface area is 115 Å². The number of methoxy groups -OCH3 is 4. The van der Waals surface area contributed by atoms with Crippen LogP contribution < -0.4 is 0 Å². The molecule has 19 heavy (non-hydrogen) atoms. The standard InChI is InChI=1S/C15H24O4/c1-16-13(11-15(18-3)19-4)10-14(17-2)12-8-6-5-7-9-12/h5-9,13-15H,10-11H2,1-4H3/t13-,14-/m0/s1. The van der Waals surface area contributed by atoms with Gasteiger partial charge in [-0.1, -0.05) is 30.3 Å². The quantitative estimate of drug-likeness (QED) is 0.645. The van der Waals surface area contributed by atoms with Crippen molar-refractivity contribution in [3.8, 4) is 0 Å². The van der Waals surface area contributed by atoms with Crippen molar-refractivity contribution in [2.75, 3.05) is 28.4 Å². The first-order chi connectivity index (χ1) is 9.24. The van der Waals surface area contributed by atoms with Gasteiger partial charge in [-0.15, -0.1) is 0 Å². The zero-order valence-electron chi connectivity index (χ0n) is 12.2. The van der Waals surface area contributed by atoms with E-state index < -0.39 is 0 Å². The third-order valence-corrected chi connectivity index (χ3v) is 3.25. The number of hydrogen-bond acceptors (Lipinski definition) is 4. The molecule has 2 atom stereocenters. The third kappa shape index (κ3) is 5.28. The van der Waals surface area contributed by atoms with E-state index in [1.165, 1.54) is 0 Å². The van der Waals surface area contributed by atoms with Crippen molar-refractivity contribution in [1.29, 1.82) is 0 Å². The molecule has 0 bridgehead atoms. The Morgan fingerprint density at radius 2 is 1.42 bits per heavy atom. The molecule has 0 aromatic heterocycles. The molecule has 0 unspecified atom stereocenters. The molecule has 1 rings (SSSR count). The molecule has 0 saturated heterocycles. The fraction of sp³-hybridized carbons (Fsp3) is 0.600. The van der Waals surface area contributed by atoms with Crippen LogP contribution in [0.5, 0.6) is 0 Å². The van der Waals surface area contributed by atoms with Crippen LogP contribution in [0.4, 0.5) is 0 Å². The highest BCUT2D eigenvalue weighted by Gasteiger charge is 2.21. The Balaban J connectivity index is 2.62. The molecule has 4 nitrogen and oxygen atoms in total. The van der Waals surface area contributed by atoms with Crippen LogP contribution in [0, 0.1) is 0 Å². The average Bonchev–Trinajstić information content (AvgIpc) is 2.48. The predicted octanol–water partition coefficient (Wildman–Crippen LogP) is 2.79. The van der Waals surface area contributed by atoms with Crippen LogP contribution in [0.3, 0.4) is 0 Å². The minimum absolute atomic E-state index is 0.0144. The smallest absolute Gasteiger partial charge is 0.159 e. The van der Waals surface area contributed by atoms with Crippen LogP contribution in [-0.4, -0.2) is 40.8 Å². The molecular weight excluding hydrogens is 244 g/mol. The first kappa shape index (κ1) is 16.1. The molecule has 108 valence electrons. The summed E-state index contributed by atoms with van der Waals surface area (Å²) in [6, 6.07) is 10.1. The van der Waals surface area contributed by atoms with Crippen LogP contribution in [0.2, 0.25) is 0 Å². The van der Waals surface area contributed by atoms with Crippen molar-refractivity contribution in [3.63, 3.8) is 0 Å². The molecule has 0 N–H and O–H groups in total. The summed E-state index contributed by atoms with van der Waals surface area (Å²) in [6.45, 7) is 0. The highest BCUT2D eigenvalue weighted by atomic mass is 16.7. The van der Waals surface area contributed by atoms with Gasteiger partial charge in [-0.25, -0.2) is 0 Å². The fourth-order valence-electron chi connectivity index (χ4n) is 2.07. The highest BCUT2D eigenvalue weighted by Crippen LogP contribution is 2.25. The van der Waals surface area contributed by atoms with Crippen LogP contribution >= 0.6 is 0 Å². The molecule has 1 aromatic rings. The molecular formula is C15H24O4. The Kier molecular flexibility index (Phi) is 7.67. The maximum atomic E-state index is 5.56. The normalized spacial score (nSPS) is 14.6. The van der Waals surface area contributed by atoms with Gasteiger partial charge in [-0.2, -0.15) is 0 Å². The van der Waals surface area contributed by atoms with Gasteiger partial charge < -0.3 is 18.9 Å². The summed E-state index contributed by atoms with van der Waals surface area (Å²) >= 11 is 0. The van der Waals surface area contributed by atoms with E-state index in [0.29, 0.717) is 6.42 Å². The van der Waals surface area contributed by atoms with Gasteiger partial charge >= 0.3 is 0 Å². The first-order valence-electron chi connectivity index (χ1n) is 6.41. The van der Waals surface area contributed by atoms with E-state index in [9.17, 15) is 0 Å². The molecule has 0 heterocycles. The van der Waals surface area contributed by atoms with Crippen molar-refractivity contribution in [1.82, 2.24) is 0 Å². The second-order valence-corrected chi connectivity index (χ2v) is 4.37. The van der Waals surface area contributed by atoms with Crippen LogP contribution in [-0.2, 0) is 18.9 Å². The maximum absolute atomic E-state index is 5.56. The Bertz CT molecular complexity index is 324.